The summed E-state index contributed by atoms with van der Waals surface area (Å²) >= 11 is 0. The third-order valence-corrected chi connectivity index (χ3v) is 6.83. The van der Waals surface area contributed by atoms with Crippen LogP contribution in [0.15, 0.2) is 41.3 Å². The number of hydrogen-bond acceptors (Lipinski definition) is 3. The van der Waals surface area contributed by atoms with Crippen LogP contribution in [-0.2, 0) is 10.0 Å². The van der Waals surface area contributed by atoms with Crippen LogP contribution in [0.25, 0.3) is 0 Å². The summed E-state index contributed by atoms with van der Waals surface area (Å²) in [4.78, 5) is 0.00126. The Kier molecular flexibility index (Phi) is 5.14. The molecule has 1 N–H and O–H groups in total. The van der Waals surface area contributed by atoms with Gasteiger partial charge in [-0.3, -0.25) is 0 Å². The molecule has 1 aliphatic rings. The van der Waals surface area contributed by atoms with Crippen molar-refractivity contribution in [2.75, 3.05) is 6.61 Å². The predicted molar refractivity (Wildman–Crippen MR) is 94.1 cm³/mol. The zero-order valence-corrected chi connectivity index (χ0v) is 15.4. The van der Waals surface area contributed by atoms with Gasteiger partial charge in [0.1, 0.15) is 11.6 Å². The van der Waals surface area contributed by atoms with Crippen molar-refractivity contribution in [3.05, 3.63) is 64.7 Å². The van der Waals surface area contributed by atoms with Crippen molar-refractivity contribution in [2.45, 2.75) is 43.7 Å². The highest BCUT2D eigenvalue weighted by Gasteiger charge is 2.42. The Labute approximate surface area is 152 Å². The van der Waals surface area contributed by atoms with Crippen LogP contribution in [0.3, 0.4) is 0 Å². The van der Waals surface area contributed by atoms with Crippen molar-refractivity contribution in [3.8, 4) is 0 Å². The van der Waals surface area contributed by atoms with E-state index in [1.807, 2.05) is 0 Å². The number of nitrogens with zero attached hydrogens (tertiary/aromatic N) is 1. The Hall–Kier alpha value is -1.83. The first-order chi connectivity index (χ1) is 12.3. The van der Waals surface area contributed by atoms with Crippen LogP contribution < -0.4 is 0 Å². The van der Waals surface area contributed by atoms with Gasteiger partial charge in [0.05, 0.1) is 17.5 Å². The van der Waals surface area contributed by atoms with E-state index in [1.54, 1.807) is 12.1 Å². The van der Waals surface area contributed by atoms with E-state index in [2.05, 4.69) is 0 Å². The number of hydrogen-bond donors (Lipinski definition) is 1. The molecule has 0 amide bonds. The zero-order chi connectivity index (χ0) is 19.1. The van der Waals surface area contributed by atoms with Gasteiger partial charge in [0.15, 0.2) is 0 Å². The van der Waals surface area contributed by atoms with Crippen LogP contribution in [-0.4, -0.2) is 30.5 Å². The monoisotopic (exact) mass is 381 g/mol. The smallest absolute Gasteiger partial charge is 0.243 e. The summed E-state index contributed by atoms with van der Waals surface area (Å²) in [6.45, 7) is 2.73. The van der Waals surface area contributed by atoms with Crippen LogP contribution in [0.2, 0.25) is 0 Å². The summed E-state index contributed by atoms with van der Waals surface area (Å²) in [5, 5.41) is 9.68. The van der Waals surface area contributed by atoms with E-state index in [-0.39, 0.29) is 22.6 Å². The SMILES string of the molecule is Cc1cc(S(=O)(=O)N2[C@H](CO)CC[C@@H]2c2ccc(F)cc2)cc(C)c1F. The van der Waals surface area contributed by atoms with Crippen molar-refractivity contribution in [2.24, 2.45) is 0 Å². The number of halogens is 2. The second kappa shape index (κ2) is 7.06. The summed E-state index contributed by atoms with van der Waals surface area (Å²) in [7, 11) is -3.96. The minimum atomic E-state index is -3.96. The normalized spacial score (nSPS) is 21.3. The average Bonchev–Trinajstić information content (AvgIpc) is 3.04. The van der Waals surface area contributed by atoms with Gasteiger partial charge in [-0.2, -0.15) is 4.31 Å². The van der Waals surface area contributed by atoms with E-state index in [1.165, 1.54) is 42.4 Å². The number of benzene rings is 2. The van der Waals surface area contributed by atoms with E-state index >= 15 is 0 Å². The lowest BCUT2D eigenvalue weighted by Crippen LogP contribution is -2.39. The molecule has 1 fully saturated rings. The molecule has 1 heterocycles. The minimum absolute atomic E-state index is 0.00126. The molecule has 0 aliphatic carbocycles. The lowest BCUT2D eigenvalue weighted by Gasteiger charge is -2.29. The molecule has 0 saturated carbocycles. The van der Waals surface area contributed by atoms with Crippen LogP contribution >= 0.6 is 0 Å². The van der Waals surface area contributed by atoms with Crippen molar-refractivity contribution in [1.82, 2.24) is 4.31 Å². The van der Waals surface area contributed by atoms with Gasteiger partial charge in [-0.05, 0) is 67.6 Å². The predicted octanol–water partition coefficient (Wildman–Crippen LogP) is 3.47. The van der Waals surface area contributed by atoms with Gasteiger partial charge in [-0.1, -0.05) is 12.1 Å². The highest BCUT2D eigenvalue weighted by atomic mass is 32.2. The molecule has 26 heavy (non-hydrogen) atoms. The van der Waals surface area contributed by atoms with Crippen LogP contribution in [0.5, 0.6) is 0 Å². The molecular weight excluding hydrogens is 360 g/mol. The molecule has 0 spiro atoms. The Morgan fingerprint density at radius 3 is 2.19 bits per heavy atom. The number of sulfonamides is 1. The highest BCUT2D eigenvalue weighted by molar-refractivity contribution is 7.89. The first-order valence-electron chi connectivity index (χ1n) is 8.42. The summed E-state index contributed by atoms with van der Waals surface area (Å²) in [5.74, 6) is -0.830. The van der Waals surface area contributed by atoms with E-state index in [0.717, 1.165) is 0 Å². The molecule has 1 saturated heterocycles. The fourth-order valence-corrected chi connectivity index (χ4v) is 5.59. The fraction of sp³-hybridized carbons (Fsp3) is 0.368. The van der Waals surface area contributed by atoms with Gasteiger partial charge in [0, 0.05) is 6.04 Å². The summed E-state index contributed by atoms with van der Waals surface area (Å²) < 4.78 is 55.0. The maximum absolute atomic E-state index is 13.9. The molecule has 4 nitrogen and oxygen atoms in total. The Morgan fingerprint density at radius 2 is 1.65 bits per heavy atom. The number of aliphatic hydroxyl groups excluding tert-OH is 1. The van der Waals surface area contributed by atoms with Gasteiger partial charge in [0.2, 0.25) is 10.0 Å². The van der Waals surface area contributed by atoms with Crippen LogP contribution in [0.4, 0.5) is 8.78 Å². The highest BCUT2D eigenvalue weighted by Crippen LogP contribution is 2.40. The Bertz CT molecular complexity index is 890. The Morgan fingerprint density at radius 1 is 1.08 bits per heavy atom. The molecular formula is C19H21F2NO3S. The lowest BCUT2D eigenvalue weighted by molar-refractivity contribution is 0.197. The number of aryl methyl sites for hydroxylation is 2. The fourth-order valence-electron chi connectivity index (χ4n) is 3.57. The molecule has 7 heteroatoms. The minimum Gasteiger partial charge on any atom is -0.395 e. The van der Waals surface area contributed by atoms with Gasteiger partial charge in [-0.25, -0.2) is 17.2 Å². The molecule has 1 aliphatic heterocycles. The second-order valence-electron chi connectivity index (χ2n) is 6.69. The van der Waals surface area contributed by atoms with Gasteiger partial charge >= 0.3 is 0 Å². The topological polar surface area (TPSA) is 57.6 Å². The van der Waals surface area contributed by atoms with Crippen molar-refractivity contribution < 1.29 is 22.3 Å². The molecule has 3 rings (SSSR count). The van der Waals surface area contributed by atoms with E-state index in [9.17, 15) is 22.3 Å². The van der Waals surface area contributed by atoms with Gasteiger partial charge < -0.3 is 5.11 Å². The maximum Gasteiger partial charge on any atom is 0.243 e. The van der Waals surface area contributed by atoms with Crippen molar-refractivity contribution in [3.63, 3.8) is 0 Å². The van der Waals surface area contributed by atoms with E-state index in [0.29, 0.717) is 18.4 Å². The van der Waals surface area contributed by atoms with E-state index < -0.39 is 33.7 Å². The van der Waals surface area contributed by atoms with Crippen molar-refractivity contribution in [1.29, 1.82) is 0 Å². The molecule has 2 atom stereocenters. The standard InChI is InChI=1S/C19H21F2NO3S/c1-12-9-17(10-13(2)19(12)21)26(24,25)22-16(11-23)7-8-18(22)14-3-5-15(20)6-4-14/h3-6,9-10,16,18,23H,7-8,11H2,1-2H3/t16-,18+/m0/s1. The third-order valence-electron chi connectivity index (χ3n) is 4.89. The number of rotatable bonds is 4. The summed E-state index contributed by atoms with van der Waals surface area (Å²) in [6, 6.07) is 7.26. The Balaban J connectivity index is 2.08. The molecule has 140 valence electrons. The molecule has 2 aromatic carbocycles. The van der Waals surface area contributed by atoms with Gasteiger partial charge in [-0.15, -0.1) is 0 Å². The van der Waals surface area contributed by atoms with Crippen LogP contribution in [0, 0.1) is 25.5 Å². The van der Waals surface area contributed by atoms with Crippen LogP contribution in [0.1, 0.15) is 35.6 Å². The molecule has 0 radical (unpaired) electrons. The molecule has 2 aromatic rings. The summed E-state index contributed by atoms with van der Waals surface area (Å²) in [6.07, 6.45) is 1.02. The third kappa shape index (κ3) is 3.26. The van der Waals surface area contributed by atoms with E-state index in [4.69, 9.17) is 0 Å². The summed E-state index contributed by atoms with van der Waals surface area (Å²) in [5.41, 5.74) is 1.17. The molecule has 0 aromatic heterocycles. The largest absolute Gasteiger partial charge is 0.395 e. The first kappa shape index (κ1) is 18.9. The average molecular weight is 381 g/mol. The van der Waals surface area contributed by atoms with Gasteiger partial charge in [0.25, 0.3) is 0 Å². The number of aliphatic hydroxyl groups is 1. The molecule has 0 unspecified atom stereocenters. The quantitative estimate of drug-likeness (QED) is 0.882. The maximum atomic E-state index is 13.9. The second-order valence-corrected chi connectivity index (χ2v) is 8.53. The van der Waals surface area contributed by atoms with Crippen molar-refractivity contribution >= 4 is 10.0 Å². The zero-order valence-electron chi connectivity index (χ0n) is 14.6. The lowest BCUT2D eigenvalue weighted by atomic mass is 10.1. The first-order valence-corrected chi connectivity index (χ1v) is 9.86. The molecule has 0 bridgehead atoms.